The van der Waals surface area contributed by atoms with Gasteiger partial charge in [-0.15, -0.1) is 0 Å². The summed E-state index contributed by atoms with van der Waals surface area (Å²) >= 11 is 0. The van der Waals surface area contributed by atoms with Crippen LogP contribution in [-0.4, -0.2) is 95.1 Å². The first-order valence-corrected chi connectivity index (χ1v) is 20.8. The molecule has 5 aromatic rings. The second kappa shape index (κ2) is 20.7. The highest BCUT2D eigenvalue weighted by molar-refractivity contribution is 7.86. The molecule has 0 radical (unpaired) electrons. The molecule has 0 bridgehead atoms. The highest BCUT2D eigenvalue weighted by Gasteiger charge is 2.41. The number of carbonyl (C=O) groups is 1. The van der Waals surface area contributed by atoms with Crippen LogP contribution in [0.2, 0.25) is 0 Å². The van der Waals surface area contributed by atoms with Crippen LogP contribution in [0.4, 0.5) is 4.79 Å². The number of hydrogen-bond acceptors (Lipinski definition) is 11. The summed E-state index contributed by atoms with van der Waals surface area (Å²) in [5.41, 5.74) is 3.35. The van der Waals surface area contributed by atoms with Crippen molar-refractivity contribution in [3.8, 4) is 17.2 Å². The molecular weight excluding hydrogens is 779 g/mol. The predicted octanol–water partition coefficient (Wildman–Crippen LogP) is 7.31. The lowest BCUT2D eigenvalue weighted by molar-refractivity contribution is -0.115. The molecule has 5 aromatic carbocycles. The molecule has 0 spiro atoms. The van der Waals surface area contributed by atoms with Crippen molar-refractivity contribution >= 4 is 27.0 Å². The molecule has 6 rings (SSSR count). The first kappa shape index (κ1) is 43.4. The number of likely N-dealkylation sites (tertiary alicyclic amines) is 1. The van der Waals surface area contributed by atoms with Gasteiger partial charge in [-0.2, -0.15) is 8.42 Å². The van der Waals surface area contributed by atoms with E-state index >= 15 is 0 Å². The Kier molecular flexibility index (Phi) is 15.2. The van der Waals surface area contributed by atoms with Crippen molar-refractivity contribution in [3.63, 3.8) is 0 Å². The summed E-state index contributed by atoms with van der Waals surface area (Å²) in [7, 11) is -0.899. The Morgan fingerprint density at radius 2 is 1.56 bits per heavy atom. The number of piperidine rings is 1. The van der Waals surface area contributed by atoms with E-state index in [0.717, 1.165) is 33.2 Å². The van der Waals surface area contributed by atoms with Gasteiger partial charge in [-0.1, -0.05) is 72.3 Å². The van der Waals surface area contributed by atoms with Gasteiger partial charge in [0.05, 0.1) is 83.6 Å². The molecule has 0 aliphatic carbocycles. The van der Waals surface area contributed by atoms with Crippen molar-refractivity contribution in [1.82, 2.24) is 4.90 Å². The van der Waals surface area contributed by atoms with Gasteiger partial charge in [-0.05, 0) is 65.9 Å². The van der Waals surface area contributed by atoms with Gasteiger partial charge >= 0.3 is 6.09 Å². The number of aliphatic hydroxyl groups is 1. The fraction of sp³-hybridized carbons (Fsp3) is 0.356. The van der Waals surface area contributed by atoms with Crippen molar-refractivity contribution in [3.05, 3.63) is 131 Å². The zero-order valence-corrected chi connectivity index (χ0v) is 34.2. The highest BCUT2D eigenvalue weighted by Crippen LogP contribution is 2.36. The van der Waals surface area contributed by atoms with E-state index in [1.54, 1.807) is 50.6 Å². The number of carboxylic acid groups (broad SMARTS) is 1. The van der Waals surface area contributed by atoms with Gasteiger partial charge in [0.25, 0.3) is 10.1 Å². The lowest BCUT2D eigenvalue weighted by atomic mass is 9.91. The molecule has 1 heterocycles. The topological polar surface area (TPSA) is 160 Å². The fourth-order valence-electron chi connectivity index (χ4n) is 7.01. The number of amides is 1. The van der Waals surface area contributed by atoms with E-state index in [9.17, 15) is 23.4 Å². The van der Waals surface area contributed by atoms with Gasteiger partial charge in [0.2, 0.25) is 0 Å². The molecule has 314 valence electrons. The van der Waals surface area contributed by atoms with Crippen molar-refractivity contribution in [1.29, 1.82) is 0 Å². The van der Waals surface area contributed by atoms with E-state index in [0.29, 0.717) is 43.3 Å². The van der Waals surface area contributed by atoms with Crippen LogP contribution in [0, 0.1) is 6.92 Å². The maximum atomic E-state index is 12.9. The SMILES string of the molecule is COc1ccccc1COCCCOc1ccc(C2C(OCC(O)COS(=O)(=O)c3ccc(C)cc3)CC(OCc3cc(OC)c4ccccc4c3)CN2C(=O)O)cc1. The minimum Gasteiger partial charge on any atom is -0.496 e. The van der Waals surface area contributed by atoms with Gasteiger partial charge in [-0.3, -0.25) is 9.08 Å². The molecule has 1 saturated heterocycles. The summed E-state index contributed by atoms with van der Waals surface area (Å²) in [6.45, 7) is 2.50. The van der Waals surface area contributed by atoms with E-state index in [2.05, 4.69) is 0 Å². The Morgan fingerprint density at radius 1 is 0.831 bits per heavy atom. The minimum absolute atomic E-state index is 0.0328. The van der Waals surface area contributed by atoms with Crippen LogP contribution in [0.3, 0.4) is 0 Å². The van der Waals surface area contributed by atoms with Gasteiger partial charge < -0.3 is 38.6 Å². The van der Waals surface area contributed by atoms with Crippen molar-refractivity contribution in [2.75, 3.05) is 47.2 Å². The highest BCUT2D eigenvalue weighted by atomic mass is 32.2. The normalized spacial score (nSPS) is 17.4. The van der Waals surface area contributed by atoms with Crippen LogP contribution in [0.1, 0.15) is 41.1 Å². The summed E-state index contributed by atoms with van der Waals surface area (Å²) in [6.07, 6.45) is -2.95. The molecule has 4 unspecified atom stereocenters. The summed E-state index contributed by atoms with van der Waals surface area (Å²) in [6, 6.07) is 32.0. The molecule has 13 nitrogen and oxygen atoms in total. The average Bonchev–Trinajstić information content (AvgIpc) is 3.25. The second-order valence-electron chi connectivity index (χ2n) is 14.3. The maximum absolute atomic E-state index is 12.9. The van der Waals surface area contributed by atoms with Crippen LogP contribution in [-0.2, 0) is 41.7 Å². The molecular formula is C45H51NO12S. The molecule has 1 aliphatic heterocycles. The zero-order chi connectivity index (χ0) is 41.8. The Bertz CT molecular complexity index is 2230. The minimum atomic E-state index is -4.13. The lowest BCUT2D eigenvalue weighted by Crippen LogP contribution is -2.52. The third kappa shape index (κ3) is 11.7. The van der Waals surface area contributed by atoms with Crippen LogP contribution < -0.4 is 14.2 Å². The van der Waals surface area contributed by atoms with Crippen molar-refractivity contribution < 1.29 is 56.0 Å². The van der Waals surface area contributed by atoms with E-state index in [-0.39, 0.29) is 31.1 Å². The number of ether oxygens (including phenoxy) is 6. The molecule has 14 heteroatoms. The fourth-order valence-corrected chi connectivity index (χ4v) is 7.95. The molecule has 4 atom stereocenters. The number of fused-ring (bicyclic) bond motifs is 1. The van der Waals surface area contributed by atoms with E-state index in [4.69, 9.17) is 32.6 Å². The average molecular weight is 830 g/mol. The zero-order valence-electron chi connectivity index (χ0n) is 33.4. The smallest absolute Gasteiger partial charge is 0.407 e. The van der Waals surface area contributed by atoms with Gasteiger partial charge in [0.15, 0.2) is 0 Å². The molecule has 59 heavy (non-hydrogen) atoms. The number of benzene rings is 5. The number of aryl methyl sites for hydroxylation is 1. The van der Waals surface area contributed by atoms with Gasteiger partial charge in [0, 0.05) is 23.8 Å². The first-order valence-electron chi connectivity index (χ1n) is 19.4. The lowest BCUT2D eigenvalue weighted by Gasteiger charge is -2.43. The van der Waals surface area contributed by atoms with Crippen LogP contribution in [0.5, 0.6) is 17.2 Å². The number of hydrogen-bond donors (Lipinski definition) is 2. The second-order valence-corrected chi connectivity index (χ2v) is 15.9. The van der Waals surface area contributed by atoms with E-state index in [1.807, 2.05) is 67.6 Å². The van der Waals surface area contributed by atoms with Crippen molar-refractivity contribution in [2.24, 2.45) is 0 Å². The third-order valence-electron chi connectivity index (χ3n) is 10.0. The Morgan fingerprint density at radius 3 is 2.31 bits per heavy atom. The molecule has 0 aromatic heterocycles. The van der Waals surface area contributed by atoms with Gasteiger partial charge in [-0.25, -0.2) is 4.79 Å². The van der Waals surface area contributed by atoms with Crippen molar-refractivity contribution in [2.45, 2.75) is 62.2 Å². The number of para-hydroxylation sites is 1. The predicted molar refractivity (Wildman–Crippen MR) is 220 cm³/mol. The Hall–Kier alpha value is -5.22. The van der Waals surface area contributed by atoms with E-state index in [1.165, 1.54) is 17.0 Å². The van der Waals surface area contributed by atoms with Crippen LogP contribution in [0.25, 0.3) is 10.8 Å². The molecule has 1 aliphatic rings. The number of nitrogens with zero attached hydrogens (tertiary/aromatic N) is 1. The monoisotopic (exact) mass is 829 g/mol. The molecule has 1 amide bonds. The molecule has 0 saturated carbocycles. The first-order chi connectivity index (χ1) is 28.5. The Labute approximate surface area is 345 Å². The van der Waals surface area contributed by atoms with Gasteiger partial charge in [0.1, 0.15) is 23.4 Å². The summed E-state index contributed by atoms with van der Waals surface area (Å²) in [4.78, 5) is 14.1. The largest absolute Gasteiger partial charge is 0.496 e. The number of rotatable bonds is 20. The molecule has 2 N–H and O–H groups in total. The maximum Gasteiger partial charge on any atom is 0.407 e. The quantitative estimate of drug-likeness (QED) is 0.0596. The number of methoxy groups -OCH3 is 2. The Balaban J connectivity index is 1.11. The van der Waals surface area contributed by atoms with Crippen LogP contribution >= 0.6 is 0 Å². The standard InChI is InChI=1S/C45H51NO12S/c1-31-13-19-39(20-14-31)59(50,51)58-30-36(47)29-57-43-25-38(56-27-32-23-34-9-4-6-11-40(34)42(24-32)53-3)26-46(45(48)49)44(43)33-15-17-37(18-16-33)55-22-8-21-54-28-35-10-5-7-12-41(35)52-2/h4-7,9-20,23-24,36,38,43-44,47H,8,21-22,25-30H2,1-3H3,(H,48,49). The third-order valence-corrected chi connectivity index (χ3v) is 11.3. The van der Waals surface area contributed by atoms with E-state index < -0.39 is 47.2 Å². The molecule has 1 fully saturated rings. The number of aliphatic hydroxyl groups excluding tert-OH is 1. The summed E-state index contributed by atoms with van der Waals surface area (Å²) in [5.74, 6) is 2.07. The van der Waals surface area contributed by atoms with Crippen LogP contribution in [0.15, 0.2) is 114 Å². The summed E-state index contributed by atoms with van der Waals surface area (Å²) in [5, 5.41) is 23.3. The summed E-state index contributed by atoms with van der Waals surface area (Å²) < 4.78 is 66.1.